The van der Waals surface area contributed by atoms with E-state index in [1.54, 1.807) is 0 Å². The topological polar surface area (TPSA) is 39.8 Å². The monoisotopic (exact) mass is 267 g/mol. The maximum absolute atomic E-state index is 7.77. The van der Waals surface area contributed by atoms with Gasteiger partial charge in [0.2, 0.25) is 0 Å². The summed E-state index contributed by atoms with van der Waals surface area (Å²) in [5.74, 6) is 0.727. The Hall–Kier alpha value is -1.09. The second-order valence-electron chi connectivity index (χ2n) is 4.91. The molecule has 18 heavy (non-hydrogen) atoms. The van der Waals surface area contributed by atoms with Crippen molar-refractivity contribution in [3.8, 4) is 0 Å². The third-order valence-electron chi connectivity index (χ3n) is 3.52. The standard InChI is InChI=1S/C14H22N3.ClH/c1-17-11-5-4-7-13(17)10-9-12-6-2-3-8-14(15)16-12;/h4-5,7,11-12H,2-3,6,8-10H2,1H3,(H2,15,16);1H/q+1;/p-1. The predicted molar refractivity (Wildman–Crippen MR) is 69.1 cm³/mol. The second kappa shape index (κ2) is 7.37. The summed E-state index contributed by atoms with van der Waals surface area (Å²) in [6.45, 7) is 0. The normalized spacial score (nSPS) is 19.6. The Balaban J connectivity index is 0.00000162. The number of aromatic nitrogens is 1. The fourth-order valence-electron chi connectivity index (χ4n) is 2.44. The van der Waals surface area contributed by atoms with Crippen LogP contribution >= 0.6 is 0 Å². The largest absolute Gasteiger partial charge is 1.00 e. The first-order chi connectivity index (χ1) is 8.25. The van der Waals surface area contributed by atoms with Gasteiger partial charge in [-0.3, -0.25) is 5.41 Å². The number of amidine groups is 1. The van der Waals surface area contributed by atoms with Crippen molar-refractivity contribution >= 4 is 5.84 Å². The lowest BCUT2D eigenvalue weighted by atomic mass is 10.0. The molecule has 3 nitrogen and oxygen atoms in total. The molecule has 0 aliphatic carbocycles. The van der Waals surface area contributed by atoms with E-state index < -0.39 is 0 Å². The van der Waals surface area contributed by atoms with Crippen molar-refractivity contribution in [3.63, 3.8) is 0 Å². The summed E-state index contributed by atoms with van der Waals surface area (Å²) in [5, 5.41) is 11.1. The van der Waals surface area contributed by atoms with E-state index >= 15 is 0 Å². The number of nitrogens with one attached hydrogen (secondary N) is 2. The van der Waals surface area contributed by atoms with Crippen LogP contribution in [0.1, 0.15) is 37.8 Å². The molecule has 1 aliphatic heterocycles. The molecule has 0 radical (unpaired) electrons. The van der Waals surface area contributed by atoms with E-state index in [0.717, 1.165) is 25.1 Å². The van der Waals surface area contributed by atoms with E-state index in [1.165, 1.54) is 25.0 Å². The highest BCUT2D eigenvalue weighted by atomic mass is 35.5. The summed E-state index contributed by atoms with van der Waals surface area (Å²) in [7, 11) is 2.10. The molecular weight excluding hydrogens is 246 g/mol. The number of pyridine rings is 1. The minimum atomic E-state index is 0. The van der Waals surface area contributed by atoms with Gasteiger partial charge in [-0.15, -0.1) is 0 Å². The van der Waals surface area contributed by atoms with E-state index in [9.17, 15) is 0 Å². The van der Waals surface area contributed by atoms with Gasteiger partial charge in [-0.1, -0.05) is 12.5 Å². The van der Waals surface area contributed by atoms with Gasteiger partial charge in [-0.25, -0.2) is 4.57 Å². The van der Waals surface area contributed by atoms with Crippen LogP contribution in [0.2, 0.25) is 0 Å². The molecule has 2 N–H and O–H groups in total. The molecule has 1 atom stereocenters. The van der Waals surface area contributed by atoms with E-state index in [0.29, 0.717) is 6.04 Å². The Bertz CT molecular complexity index is 392. The lowest BCUT2D eigenvalue weighted by Gasteiger charge is -2.16. The van der Waals surface area contributed by atoms with Gasteiger partial charge in [-0.2, -0.15) is 0 Å². The fourth-order valence-corrected chi connectivity index (χ4v) is 2.44. The van der Waals surface area contributed by atoms with Crippen LogP contribution in [0.25, 0.3) is 0 Å². The minimum Gasteiger partial charge on any atom is -1.00 e. The van der Waals surface area contributed by atoms with Crippen LogP contribution < -0.4 is 22.3 Å². The zero-order chi connectivity index (χ0) is 12.1. The number of aryl methyl sites for hydroxylation is 2. The minimum absolute atomic E-state index is 0. The summed E-state index contributed by atoms with van der Waals surface area (Å²) >= 11 is 0. The Morgan fingerprint density at radius 2 is 2.22 bits per heavy atom. The Morgan fingerprint density at radius 1 is 1.39 bits per heavy atom. The molecule has 0 bridgehead atoms. The third kappa shape index (κ3) is 4.30. The van der Waals surface area contributed by atoms with Crippen LogP contribution in [0.15, 0.2) is 24.4 Å². The second-order valence-corrected chi connectivity index (χ2v) is 4.91. The molecule has 1 aliphatic rings. The first-order valence-electron chi connectivity index (χ1n) is 6.53. The Morgan fingerprint density at radius 3 is 3.00 bits per heavy atom. The summed E-state index contributed by atoms with van der Waals surface area (Å²) in [6.07, 6.45) is 8.86. The van der Waals surface area contributed by atoms with Crippen molar-refractivity contribution in [2.75, 3.05) is 0 Å². The molecule has 2 heterocycles. The number of halogens is 1. The molecule has 100 valence electrons. The number of hydrogen-bond donors (Lipinski definition) is 2. The van der Waals surface area contributed by atoms with Gasteiger partial charge in [0.15, 0.2) is 11.9 Å². The van der Waals surface area contributed by atoms with Gasteiger partial charge in [-0.05, 0) is 19.3 Å². The third-order valence-corrected chi connectivity index (χ3v) is 3.52. The number of rotatable bonds is 3. The quantitative estimate of drug-likeness (QED) is 0.675. The van der Waals surface area contributed by atoms with E-state index in [4.69, 9.17) is 5.41 Å². The van der Waals surface area contributed by atoms with E-state index in [1.807, 2.05) is 0 Å². The lowest BCUT2D eigenvalue weighted by molar-refractivity contribution is -0.679. The van der Waals surface area contributed by atoms with Gasteiger partial charge in [0.25, 0.3) is 0 Å². The van der Waals surface area contributed by atoms with Gasteiger partial charge in [0.05, 0.1) is 5.84 Å². The molecule has 1 aromatic heterocycles. The molecule has 0 aromatic carbocycles. The van der Waals surface area contributed by atoms with Crippen molar-refractivity contribution < 1.29 is 17.0 Å². The number of nitrogens with zero attached hydrogens (tertiary/aromatic N) is 1. The summed E-state index contributed by atoms with van der Waals surface area (Å²) < 4.78 is 2.18. The molecule has 1 fully saturated rings. The van der Waals surface area contributed by atoms with Gasteiger partial charge in [0, 0.05) is 31.0 Å². The van der Waals surface area contributed by atoms with Gasteiger partial charge in [0.1, 0.15) is 7.05 Å². The molecule has 1 unspecified atom stereocenters. The van der Waals surface area contributed by atoms with Crippen LogP contribution in [0.3, 0.4) is 0 Å². The smallest absolute Gasteiger partial charge is 0.181 e. The maximum atomic E-state index is 7.77. The molecule has 0 spiro atoms. The van der Waals surface area contributed by atoms with Crippen LogP contribution in [-0.4, -0.2) is 11.9 Å². The molecule has 1 saturated heterocycles. The average molecular weight is 268 g/mol. The molecule has 4 heteroatoms. The molecule has 1 aromatic rings. The highest BCUT2D eigenvalue weighted by molar-refractivity contribution is 5.79. The van der Waals surface area contributed by atoms with Gasteiger partial charge >= 0.3 is 0 Å². The van der Waals surface area contributed by atoms with Crippen molar-refractivity contribution in [2.45, 2.75) is 44.6 Å². The van der Waals surface area contributed by atoms with Crippen LogP contribution in [0, 0.1) is 5.41 Å². The van der Waals surface area contributed by atoms with Crippen LogP contribution in [0.5, 0.6) is 0 Å². The zero-order valence-corrected chi connectivity index (χ0v) is 11.7. The highest BCUT2D eigenvalue weighted by Gasteiger charge is 2.15. The van der Waals surface area contributed by atoms with Crippen molar-refractivity contribution in [1.29, 1.82) is 5.41 Å². The van der Waals surface area contributed by atoms with E-state index in [2.05, 4.69) is 41.3 Å². The van der Waals surface area contributed by atoms with Crippen molar-refractivity contribution in [1.82, 2.24) is 5.32 Å². The fraction of sp³-hybridized carbons (Fsp3) is 0.571. The first-order valence-corrected chi connectivity index (χ1v) is 6.53. The molecule has 0 saturated carbocycles. The SMILES string of the molecule is C[n+]1ccccc1CCC1CCCCC(=N)N1.[Cl-]. The van der Waals surface area contributed by atoms with Crippen LogP contribution in [0.4, 0.5) is 0 Å². The molecule has 0 amide bonds. The Kier molecular flexibility index (Phi) is 6.13. The summed E-state index contributed by atoms with van der Waals surface area (Å²) in [4.78, 5) is 0. The van der Waals surface area contributed by atoms with Gasteiger partial charge < -0.3 is 17.7 Å². The average Bonchev–Trinajstić information content (AvgIpc) is 2.53. The summed E-state index contributed by atoms with van der Waals surface area (Å²) in [5.41, 5.74) is 1.37. The maximum Gasteiger partial charge on any atom is 0.181 e. The zero-order valence-electron chi connectivity index (χ0n) is 11.0. The first kappa shape index (κ1) is 15.0. The van der Waals surface area contributed by atoms with E-state index in [-0.39, 0.29) is 12.4 Å². The Labute approximate surface area is 116 Å². The van der Waals surface area contributed by atoms with Crippen LogP contribution in [-0.2, 0) is 13.5 Å². The van der Waals surface area contributed by atoms with Crippen molar-refractivity contribution in [2.24, 2.45) is 7.05 Å². The molecule has 2 rings (SSSR count). The molecular formula is C14H22ClN3. The predicted octanol–water partition coefficient (Wildman–Crippen LogP) is -1.04. The summed E-state index contributed by atoms with van der Waals surface area (Å²) in [6, 6.07) is 6.83. The number of hydrogen-bond acceptors (Lipinski definition) is 1. The van der Waals surface area contributed by atoms with Crippen molar-refractivity contribution in [3.05, 3.63) is 30.1 Å². The highest BCUT2D eigenvalue weighted by Crippen LogP contribution is 2.13. The lowest BCUT2D eigenvalue weighted by Crippen LogP contribution is -3.00.